The van der Waals surface area contributed by atoms with Crippen LogP contribution in [0.2, 0.25) is 0 Å². The number of rotatable bonds is 2. The first-order chi connectivity index (χ1) is 8.25. The zero-order chi connectivity index (χ0) is 11.8. The van der Waals surface area contributed by atoms with Crippen molar-refractivity contribution < 1.29 is 14.6 Å². The molecule has 2 aromatic heterocycles. The third kappa shape index (κ3) is 1.64. The van der Waals surface area contributed by atoms with Crippen molar-refractivity contribution in [2.75, 3.05) is 0 Å². The van der Waals surface area contributed by atoms with Crippen LogP contribution < -0.4 is 0 Å². The Bertz CT molecular complexity index is 567. The van der Waals surface area contributed by atoms with Crippen LogP contribution in [-0.2, 0) is 9.53 Å². The zero-order valence-corrected chi connectivity index (χ0v) is 8.85. The Morgan fingerprint density at radius 2 is 2.35 bits per heavy atom. The van der Waals surface area contributed by atoms with E-state index in [9.17, 15) is 4.79 Å². The first-order valence-electron chi connectivity index (χ1n) is 5.30. The molecule has 3 rings (SSSR count). The minimum atomic E-state index is -0.936. The van der Waals surface area contributed by atoms with Gasteiger partial charge in [-0.1, -0.05) is 0 Å². The molecule has 2 atom stereocenters. The van der Waals surface area contributed by atoms with Gasteiger partial charge in [0.2, 0.25) is 0 Å². The lowest BCUT2D eigenvalue weighted by Crippen LogP contribution is -2.19. The van der Waals surface area contributed by atoms with Gasteiger partial charge in [-0.15, -0.1) is 10.2 Å². The standard InChI is InChI=1S/C10H10N4O3/c15-10(16)7-4-3-6(17-7)9-13-12-8-2-1-5-11-14(8)9/h1-2,5-7H,3-4H2,(H,15,16). The summed E-state index contributed by atoms with van der Waals surface area (Å²) in [5, 5.41) is 20.9. The summed E-state index contributed by atoms with van der Waals surface area (Å²) >= 11 is 0. The first-order valence-corrected chi connectivity index (χ1v) is 5.30. The highest BCUT2D eigenvalue weighted by Gasteiger charge is 2.34. The van der Waals surface area contributed by atoms with Gasteiger partial charge >= 0.3 is 5.97 Å². The number of ether oxygens (including phenoxy) is 1. The van der Waals surface area contributed by atoms with E-state index in [0.717, 1.165) is 0 Å². The van der Waals surface area contributed by atoms with E-state index in [2.05, 4.69) is 15.3 Å². The summed E-state index contributed by atoms with van der Waals surface area (Å²) in [5.74, 6) is -0.376. The number of hydrogen-bond acceptors (Lipinski definition) is 5. The highest BCUT2D eigenvalue weighted by Crippen LogP contribution is 2.31. The number of carboxylic acids is 1. The maximum atomic E-state index is 10.8. The number of carboxylic acid groups (broad SMARTS) is 1. The monoisotopic (exact) mass is 234 g/mol. The molecule has 7 nitrogen and oxygen atoms in total. The van der Waals surface area contributed by atoms with E-state index in [1.165, 1.54) is 0 Å². The second-order valence-corrected chi connectivity index (χ2v) is 3.88. The second-order valence-electron chi connectivity index (χ2n) is 3.88. The molecule has 2 aromatic rings. The molecule has 0 bridgehead atoms. The number of carbonyl (C=O) groups is 1. The van der Waals surface area contributed by atoms with Gasteiger partial charge in [0.1, 0.15) is 6.10 Å². The Morgan fingerprint density at radius 1 is 1.47 bits per heavy atom. The van der Waals surface area contributed by atoms with Gasteiger partial charge in [-0.2, -0.15) is 9.61 Å². The van der Waals surface area contributed by atoms with Crippen LogP contribution in [0.4, 0.5) is 0 Å². The molecule has 7 heteroatoms. The Balaban J connectivity index is 1.93. The molecule has 1 N–H and O–H groups in total. The second kappa shape index (κ2) is 3.77. The summed E-state index contributed by atoms with van der Waals surface area (Å²) in [6, 6.07) is 3.55. The van der Waals surface area contributed by atoms with Crippen molar-refractivity contribution in [2.24, 2.45) is 0 Å². The number of aliphatic carboxylic acids is 1. The minimum Gasteiger partial charge on any atom is -0.479 e. The fraction of sp³-hybridized carbons (Fsp3) is 0.400. The lowest BCUT2D eigenvalue weighted by atomic mass is 10.2. The van der Waals surface area contributed by atoms with E-state index in [-0.39, 0.29) is 6.10 Å². The molecular formula is C10H10N4O3. The molecule has 3 heterocycles. The Kier molecular flexibility index (Phi) is 2.25. The van der Waals surface area contributed by atoms with Gasteiger partial charge in [-0.05, 0) is 25.0 Å². The van der Waals surface area contributed by atoms with Gasteiger partial charge in [-0.3, -0.25) is 0 Å². The largest absolute Gasteiger partial charge is 0.479 e. The average molecular weight is 234 g/mol. The number of hydrogen-bond donors (Lipinski definition) is 1. The Labute approximate surface area is 96.0 Å². The molecular weight excluding hydrogens is 224 g/mol. The van der Waals surface area contributed by atoms with Crippen LogP contribution in [0, 0.1) is 0 Å². The minimum absolute atomic E-state index is 0.346. The summed E-state index contributed by atoms with van der Waals surface area (Å²) in [7, 11) is 0. The highest BCUT2D eigenvalue weighted by atomic mass is 16.5. The highest BCUT2D eigenvalue weighted by molar-refractivity contribution is 5.72. The van der Waals surface area contributed by atoms with Crippen molar-refractivity contribution in [2.45, 2.75) is 25.0 Å². The van der Waals surface area contributed by atoms with E-state index >= 15 is 0 Å². The molecule has 1 aliphatic rings. The van der Waals surface area contributed by atoms with Crippen LogP contribution in [0.25, 0.3) is 5.65 Å². The summed E-state index contributed by atoms with van der Waals surface area (Å²) in [6.45, 7) is 0. The van der Waals surface area contributed by atoms with E-state index in [0.29, 0.717) is 24.3 Å². The van der Waals surface area contributed by atoms with Crippen LogP contribution in [-0.4, -0.2) is 37.0 Å². The van der Waals surface area contributed by atoms with E-state index in [1.54, 1.807) is 22.8 Å². The molecule has 0 saturated carbocycles. The molecule has 1 aliphatic heterocycles. The van der Waals surface area contributed by atoms with Gasteiger partial charge in [0.05, 0.1) is 0 Å². The van der Waals surface area contributed by atoms with Gasteiger partial charge in [0.15, 0.2) is 17.6 Å². The summed E-state index contributed by atoms with van der Waals surface area (Å²) in [4.78, 5) is 10.8. The molecule has 0 aliphatic carbocycles. The maximum absolute atomic E-state index is 10.8. The van der Waals surface area contributed by atoms with Crippen LogP contribution in [0.5, 0.6) is 0 Å². The van der Waals surface area contributed by atoms with Gasteiger partial charge in [0, 0.05) is 6.20 Å². The van der Waals surface area contributed by atoms with Crippen molar-refractivity contribution >= 4 is 11.6 Å². The predicted octanol–water partition coefficient (Wildman–Crippen LogP) is 0.429. The molecule has 0 spiro atoms. The molecule has 0 radical (unpaired) electrons. The molecule has 88 valence electrons. The Hall–Kier alpha value is -2.02. The lowest BCUT2D eigenvalue weighted by Gasteiger charge is -2.08. The molecule has 0 amide bonds. The molecule has 17 heavy (non-hydrogen) atoms. The molecule has 0 aromatic carbocycles. The molecule has 1 saturated heterocycles. The van der Waals surface area contributed by atoms with E-state index < -0.39 is 12.1 Å². The fourth-order valence-corrected chi connectivity index (χ4v) is 1.97. The average Bonchev–Trinajstić information content (AvgIpc) is 2.95. The number of fused-ring (bicyclic) bond motifs is 1. The molecule has 1 fully saturated rings. The Morgan fingerprint density at radius 3 is 3.12 bits per heavy atom. The van der Waals surface area contributed by atoms with Crippen LogP contribution in [0.15, 0.2) is 18.3 Å². The van der Waals surface area contributed by atoms with Gasteiger partial charge in [0.25, 0.3) is 0 Å². The quantitative estimate of drug-likeness (QED) is 0.810. The van der Waals surface area contributed by atoms with Crippen molar-refractivity contribution in [3.8, 4) is 0 Å². The first kappa shape index (κ1) is 10.2. The van der Waals surface area contributed by atoms with Crippen molar-refractivity contribution in [1.82, 2.24) is 19.8 Å². The topological polar surface area (TPSA) is 89.6 Å². The zero-order valence-electron chi connectivity index (χ0n) is 8.85. The molecule has 2 unspecified atom stereocenters. The maximum Gasteiger partial charge on any atom is 0.332 e. The normalized spacial score (nSPS) is 24.2. The van der Waals surface area contributed by atoms with E-state index in [1.807, 2.05) is 0 Å². The van der Waals surface area contributed by atoms with Gasteiger partial charge < -0.3 is 9.84 Å². The van der Waals surface area contributed by atoms with Crippen molar-refractivity contribution in [1.29, 1.82) is 0 Å². The number of nitrogens with zero attached hydrogens (tertiary/aromatic N) is 4. The van der Waals surface area contributed by atoms with Crippen LogP contribution in [0.3, 0.4) is 0 Å². The number of aromatic nitrogens is 4. The summed E-state index contributed by atoms with van der Waals surface area (Å²) < 4.78 is 6.99. The van der Waals surface area contributed by atoms with Crippen molar-refractivity contribution in [3.05, 3.63) is 24.2 Å². The van der Waals surface area contributed by atoms with Crippen LogP contribution in [0.1, 0.15) is 24.8 Å². The third-order valence-electron chi connectivity index (χ3n) is 2.79. The predicted molar refractivity (Wildman–Crippen MR) is 55.3 cm³/mol. The summed E-state index contributed by atoms with van der Waals surface area (Å²) in [6.07, 6.45) is 1.64. The smallest absolute Gasteiger partial charge is 0.332 e. The summed E-state index contributed by atoms with van der Waals surface area (Å²) in [5.41, 5.74) is 0.630. The lowest BCUT2D eigenvalue weighted by molar-refractivity contribution is -0.149. The SMILES string of the molecule is O=C(O)C1CCC(c2nnc3cccnn23)O1. The third-order valence-corrected chi connectivity index (χ3v) is 2.79. The van der Waals surface area contributed by atoms with Crippen molar-refractivity contribution in [3.63, 3.8) is 0 Å². The van der Waals surface area contributed by atoms with E-state index in [4.69, 9.17) is 9.84 Å². The van der Waals surface area contributed by atoms with Crippen LogP contribution >= 0.6 is 0 Å². The van der Waals surface area contributed by atoms with Gasteiger partial charge in [-0.25, -0.2) is 4.79 Å². The fourth-order valence-electron chi connectivity index (χ4n) is 1.97.